The lowest BCUT2D eigenvalue weighted by Crippen LogP contribution is -2.26. The highest BCUT2D eigenvalue weighted by Gasteiger charge is 2.13. The molecule has 3 aromatic carbocycles. The van der Waals surface area contributed by atoms with Crippen molar-refractivity contribution in [3.63, 3.8) is 0 Å². The number of hydrogen-bond acceptors (Lipinski definition) is 3. The quantitative estimate of drug-likeness (QED) is 0.397. The Hall–Kier alpha value is -3.73. The van der Waals surface area contributed by atoms with Gasteiger partial charge in [-0.05, 0) is 35.4 Å². The molecule has 0 bridgehead atoms. The highest BCUT2D eigenvalue weighted by atomic mass is 15.4. The molecular formula is C23H19N5. The zero-order valence-electron chi connectivity index (χ0n) is 15.3. The monoisotopic (exact) mass is 365 g/mol. The van der Waals surface area contributed by atoms with E-state index in [9.17, 15) is 0 Å². The summed E-state index contributed by atoms with van der Waals surface area (Å²) in [7, 11) is 0. The number of nitrogens with zero attached hydrogens (tertiary/aromatic N) is 5. The maximum atomic E-state index is 4.72. The first kappa shape index (κ1) is 16.4. The minimum atomic E-state index is 0.724. The third kappa shape index (κ3) is 2.97. The van der Waals surface area contributed by atoms with Crippen molar-refractivity contribution in [3.8, 4) is 5.69 Å². The zero-order chi connectivity index (χ0) is 18.8. The van der Waals surface area contributed by atoms with Crippen LogP contribution >= 0.6 is 0 Å². The first-order chi connectivity index (χ1) is 13.9. The first-order valence-electron chi connectivity index (χ1n) is 9.37. The van der Waals surface area contributed by atoms with E-state index in [1.165, 1.54) is 5.39 Å². The van der Waals surface area contributed by atoms with E-state index in [4.69, 9.17) is 5.10 Å². The summed E-state index contributed by atoms with van der Waals surface area (Å²) in [6.07, 6.45) is 6.96. The fraction of sp³-hybridized carbons (Fsp3) is 0.0870. The summed E-state index contributed by atoms with van der Waals surface area (Å²) >= 11 is 0. The number of para-hydroxylation sites is 1. The molecule has 5 heteroatoms. The van der Waals surface area contributed by atoms with E-state index in [0.29, 0.717) is 0 Å². The smallest absolute Gasteiger partial charge is 0.252 e. The van der Waals surface area contributed by atoms with E-state index in [1.807, 2.05) is 65.5 Å². The van der Waals surface area contributed by atoms with E-state index >= 15 is 0 Å². The van der Waals surface area contributed by atoms with Crippen LogP contribution in [0.2, 0.25) is 0 Å². The largest absolute Gasteiger partial charge is 0.292 e. The van der Waals surface area contributed by atoms with E-state index in [0.717, 1.165) is 41.0 Å². The number of fused-ring (bicyclic) bond motifs is 2. The molecule has 1 aliphatic heterocycles. The average Bonchev–Trinajstić information content (AvgIpc) is 3.13. The first-order valence-corrected chi connectivity index (χ1v) is 9.37. The summed E-state index contributed by atoms with van der Waals surface area (Å²) < 4.78 is 3.96. The van der Waals surface area contributed by atoms with Gasteiger partial charge in [-0.3, -0.25) is 4.57 Å². The summed E-state index contributed by atoms with van der Waals surface area (Å²) in [6.45, 7) is 0.848. The summed E-state index contributed by atoms with van der Waals surface area (Å²) in [5.74, 6) is 0.897. The molecule has 0 saturated heterocycles. The van der Waals surface area contributed by atoms with Gasteiger partial charge in [0.05, 0.1) is 11.9 Å². The molecule has 0 spiro atoms. The lowest BCUT2D eigenvalue weighted by Gasteiger charge is -2.05. The molecule has 5 nitrogen and oxygen atoms in total. The number of benzene rings is 3. The molecule has 4 aromatic rings. The minimum Gasteiger partial charge on any atom is -0.292 e. The third-order valence-corrected chi connectivity index (χ3v) is 4.86. The Labute approximate surface area is 162 Å². The van der Waals surface area contributed by atoms with Crippen LogP contribution in [0.3, 0.4) is 0 Å². The summed E-state index contributed by atoms with van der Waals surface area (Å²) in [6, 6.07) is 24.5. The molecule has 0 radical (unpaired) electrons. The summed E-state index contributed by atoms with van der Waals surface area (Å²) in [4.78, 5) is 0. The highest BCUT2D eigenvalue weighted by molar-refractivity contribution is 5.99. The standard InChI is InChI=1S/C23H19N5/c1-2-12-20(13-3-1)28-23(27-16-7-6-15-22(27)26-28)25-24-17-19-11-8-10-18-9-4-5-14-21(18)19/h1-6,8-15,17H,7,16H2/b24-17+,25-23-. The third-order valence-electron chi connectivity index (χ3n) is 4.86. The molecule has 0 amide bonds. The average molecular weight is 365 g/mol. The molecular weight excluding hydrogens is 346 g/mol. The normalized spacial score (nSPS) is 14.1. The van der Waals surface area contributed by atoms with Gasteiger partial charge < -0.3 is 0 Å². The van der Waals surface area contributed by atoms with Crippen LogP contribution < -0.4 is 5.62 Å². The van der Waals surface area contributed by atoms with Gasteiger partial charge in [-0.2, -0.15) is 9.78 Å². The van der Waals surface area contributed by atoms with Crippen molar-refractivity contribution in [1.29, 1.82) is 0 Å². The molecule has 136 valence electrons. The molecule has 2 heterocycles. The van der Waals surface area contributed by atoms with Crippen molar-refractivity contribution in [2.24, 2.45) is 10.2 Å². The van der Waals surface area contributed by atoms with Crippen molar-refractivity contribution in [3.05, 3.63) is 95.9 Å². The number of allylic oxidation sites excluding steroid dienone is 1. The fourth-order valence-corrected chi connectivity index (χ4v) is 3.49. The molecule has 1 aliphatic rings. The van der Waals surface area contributed by atoms with E-state index < -0.39 is 0 Å². The van der Waals surface area contributed by atoms with Gasteiger partial charge in [0.2, 0.25) is 0 Å². The molecule has 0 aliphatic carbocycles. The van der Waals surface area contributed by atoms with Crippen LogP contribution in [0.5, 0.6) is 0 Å². The van der Waals surface area contributed by atoms with Crippen LogP contribution in [0.25, 0.3) is 22.5 Å². The Bertz CT molecular complexity index is 1250. The van der Waals surface area contributed by atoms with E-state index in [-0.39, 0.29) is 0 Å². The maximum absolute atomic E-state index is 4.72. The van der Waals surface area contributed by atoms with Crippen LogP contribution in [0.1, 0.15) is 17.8 Å². The second-order valence-corrected chi connectivity index (χ2v) is 6.66. The van der Waals surface area contributed by atoms with Crippen LogP contribution in [-0.4, -0.2) is 20.6 Å². The number of rotatable bonds is 3. The molecule has 28 heavy (non-hydrogen) atoms. The van der Waals surface area contributed by atoms with Gasteiger partial charge in [0, 0.05) is 12.1 Å². The van der Waals surface area contributed by atoms with Crippen LogP contribution in [0.15, 0.2) is 89.1 Å². The van der Waals surface area contributed by atoms with Crippen molar-refractivity contribution < 1.29 is 0 Å². The van der Waals surface area contributed by atoms with E-state index in [1.54, 1.807) is 0 Å². The van der Waals surface area contributed by atoms with Crippen molar-refractivity contribution in [2.75, 3.05) is 0 Å². The second kappa shape index (κ2) is 7.12. The predicted molar refractivity (Wildman–Crippen MR) is 112 cm³/mol. The van der Waals surface area contributed by atoms with Gasteiger partial charge in [0.15, 0.2) is 5.82 Å². The Morgan fingerprint density at radius 1 is 0.893 bits per heavy atom. The molecule has 0 atom stereocenters. The van der Waals surface area contributed by atoms with Crippen molar-refractivity contribution in [1.82, 2.24) is 14.3 Å². The van der Waals surface area contributed by atoms with Gasteiger partial charge in [-0.15, -0.1) is 10.2 Å². The molecule has 0 fully saturated rings. The van der Waals surface area contributed by atoms with Crippen molar-refractivity contribution in [2.45, 2.75) is 13.0 Å². The van der Waals surface area contributed by atoms with Crippen molar-refractivity contribution >= 4 is 23.1 Å². The Morgan fingerprint density at radius 3 is 2.64 bits per heavy atom. The number of hydrogen-bond donors (Lipinski definition) is 0. The Morgan fingerprint density at radius 2 is 1.71 bits per heavy atom. The summed E-state index contributed by atoms with van der Waals surface area (Å²) in [5.41, 5.74) is 2.74. The Kier molecular flexibility index (Phi) is 4.18. The van der Waals surface area contributed by atoms with Gasteiger partial charge in [0.25, 0.3) is 5.62 Å². The lowest BCUT2D eigenvalue weighted by atomic mass is 10.1. The predicted octanol–water partition coefficient (Wildman–Crippen LogP) is 4.18. The second-order valence-electron chi connectivity index (χ2n) is 6.66. The molecule has 5 rings (SSSR count). The topological polar surface area (TPSA) is 47.5 Å². The lowest BCUT2D eigenvalue weighted by molar-refractivity contribution is 0.637. The maximum Gasteiger partial charge on any atom is 0.252 e. The van der Waals surface area contributed by atoms with Crippen LogP contribution in [0.4, 0.5) is 0 Å². The van der Waals surface area contributed by atoms with Gasteiger partial charge >= 0.3 is 0 Å². The molecule has 0 N–H and O–H groups in total. The summed E-state index contributed by atoms with van der Waals surface area (Å²) in [5, 5.41) is 16.1. The minimum absolute atomic E-state index is 0.724. The molecule has 0 saturated carbocycles. The van der Waals surface area contributed by atoms with Gasteiger partial charge in [0.1, 0.15) is 0 Å². The fourth-order valence-electron chi connectivity index (χ4n) is 3.49. The van der Waals surface area contributed by atoms with Gasteiger partial charge in [-0.1, -0.05) is 66.7 Å². The van der Waals surface area contributed by atoms with Crippen LogP contribution in [0, 0.1) is 0 Å². The SMILES string of the molecule is C1=Cc2nn(-c3ccccc3)/c(=N\N=C\c3cccc4ccccc34)n2CC1. The number of aromatic nitrogens is 3. The Balaban J connectivity index is 1.62. The zero-order valence-corrected chi connectivity index (χ0v) is 15.3. The molecule has 1 aromatic heterocycles. The van der Waals surface area contributed by atoms with Gasteiger partial charge in [-0.25, -0.2) is 0 Å². The molecule has 0 unspecified atom stereocenters. The highest BCUT2D eigenvalue weighted by Crippen LogP contribution is 2.17. The van der Waals surface area contributed by atoms with E-state index in [2.05, 4.69) is 45.1 Å². The van der Waals surface area contributed by atoms with Crippen LogP contribution in [-0.2, 0) is 6.54 Å².